The van der Waals surface area contributed by atoms with Gasteiger partial charge in [0.25, 0.3) is 5.91 Å². The average molecular weight is 543 g/mol. The Morgan fingerprint density at radius 2 is 1.74 bits per heavy atom. The van der Waals surface area contributed by atoms with Crippen molar-refractivity contribution in [2.45, 2.75) is 39.7 Å². The van der Waals surface area contributed by atoms with Gasteiger partial charge < -0.3 is 24.6 Å². The fraction of sp³-hybridized carbons (Fsp3) is 0.444. The molecule has 1 fully saturated rings. The van der Waals surface area contributed by atoms with Gasteiger partial charge in [0.15, 0.2) is 0 Å². The van der Waals surface area contributed by atoms with Crippen LogP contribution in [-0.4, -0.2) is 84.1 Å². The zero-order valence-electron chi connectivity index (χ0n) is 22.0. The minimum atomic E-state index is -0.811. The van der Waals surface area contributed by atoms with Crippen LogP contribution in [-0.2, 0) is 19.1 Å². The summed E-state index contributed by atoms with van der Waals surface area (Å²) in [5.41, 5.74) is 0.950. The lowest BCUT2D eigenvalue weighted by molar-refractivity contribution is -0.137. The molecule has 3 rings (SSSR count). The summed E-state index contributed by atoms with van der Waals surface area (Å²) in [6, 6.07) is 8.57. The maximum Gasteiger partial charge on any atom is 0.409 e. The van der Waals surface area contributed by atoms with E-state index in [9.17, 15) is 19.2 Å². The zero-order chi connectivity index (χ0) is 27.5. The van der Waals surface area contributed by atoms with Crippen molar-refractivity contribution in [1.82, 2.24) is 20.1 Å². The van der Waals surface area contributed by atoms with E-state index in [1.807, 2.05) is 37.3 Å². The van der Waals surface area contributed by atoms with Crippen LogP contribution in [0.15, 0.2) is 36.4 Å². The Morgan fingerprint density at radius 3 is 2.39 bits per heavy atom. The summed E-state index contributed by atoms with van der Waals surface area (Å²) in [5.74, 6) is -1.30. The van der Waals surface area contributed by atoms with Gasteiger partial charge in [0.05, 0.1) is 18.1 Å². The van der Waals surface area contributed by atoms with Gasteiger partial charge in [0.2, 0.25) is 5.91 Å². The van der Waals surface area contributed by atoms with Crippen molar-refractivity contribution in [3.63, 3.8) is 0 Å². The van der Waals surface area contributed by atoms with Crippen LogP contribution >= 0.6 is 11.3 Å². The van der Waals surface area contributed by atoms with Gasteiger partial charge >= 0.3 is 12.1 Å². The number of nitrogens with one attached hydrogen (secondary N) is 1. The number of benzene rings is 1. The third-order valence-corrected chi connectivity index (χ3v) is 6.91. The molecule has 10 nitrogen and oxygen atoms in total. The molecular formula is C27H34N4O6S. The van der Waals surface area contributed by atoms with Gasteiger partial charge in [0, 0.05) is 37.8 Å². The highest BCUT2D eigenvalue weighted by atomic mass is 32.1. The van der Waals surface area contributed by atoms with Gasteiger partial charge in [-0.2, -0.15) is 0 Å². The molecule has 3 amide bonds. The summed E-state index contributed by atoms with van der Waals surface area (Å²) in [7, 11) is 0. The number of piperazine rings is 1. The first-order chi connectivity index (χ1) is 18.3. The summed E-state index contributed by atoms with van der Waals surface area (Å²) in [5, 5.41) is 3.35. The van der Waals surface area contributed by atoms with E-state index in [4.69, 9.17) is 9.47 Å². The molecule has 1 aliphatic heterocycles. The number of hydrogen-bond donors (Lipinski definition) is 1. The van der Waals surface area contributed by atoms with Crippen LogP contribution in [0.4, 0.5) is 4.79 Å². The molecule has 1 N–H and O–H groups in total. The molecule has 204 valence electrons. The SMILES string of the molecule is CCCCOC(=O)N1CCN(C(=O)[C@H](C)NC(=O)c2nc(-c3ccccc3)sc2/C=C/C(=O)OCC)CC1. The van der Waals surface area contributed by atoms with E-state index in [0.717, 1.165) is 18.4 Å². The van der Waals surface area contributed by atoms with Gasteiger partial charge in [-0.05, 0) is 26.3 Å². The Morgan fingerprint density at radius 1 is 1.05 bits per heavy atom. The van der Waals surface area contributed by atoms with Gasteiger partial charge in [-0.1, -0.05) is 43.7 Å². The molecule has 2 aromatic rings. The molecule has 1 aromatic carbocycles. The number of carbonyl (C=O) groups is 4. The van der Waals surface area contributed by atoms with E-state index in [0.29, 0.717) is 42.7 Å². The first kappa shape index (κ1) is 28.8. The van der Waals surface area contributed by atoms with Crippen LogP contribution < -0.4 is 5.32 Å². The standard InChI is InChI=1S/C27H34N4O6S/c1-4-6-18-37-27(35)31-16-14-30(15-17-31)26(34)19(3)28-24(33)23-21(12-13-22(32)36-5-2)38-25(29-23)20-10-8-7-9-11-20/h7-13,19H,4-6,14-18H2,1-3H3,(H,28,33)/b13-12+/t19-/m0/s1. The van der Waals surface area contributed by atoms with Crippen LogP contribution in [0, 0.1) is 0 Å². The largest absolute Gasteiger partial charge is 0.463 e. The highest BCUT2D eigenvalue weighted by Gasteiger charge is 2.29. The monoisotopic (exact) mass is 542 g/mol. The molecule has 1 aliphatic rings. The molecule has 0 spiro atoms. The fourth-order valence-electron chi connectivity index (χ4n) is 3.75. The molecule has 2 heterocycles. The minimum absolute atomic E-state index is 0.119. The molecular weight excluding hydrogens is 508 g/mol. The number of unbranched alkanes of at least 4 members (excludes halogenated alkanes) is 1. The smallest absolute Gasteiger partial charge is 0.409 e. The van der Waals surface area contributed by atoms with Crippen molar-refractivity contribution >= 4 is 41.3 Å². The molecule has 1 atom stereocenters. The van der Waals surface area contributed by atoms with Crippen LogP contribution in [0.3, 0.4) is 0 Å². The number of ether oxygens (including phenoxy) is 2. The lowest BCUT2D eigenvalue weighted by Gasteiger charge is -2.35. The normalized spacial score (nSPS) is 14.3. The molecule has 0 aliphatic carbocycles. The topological polar surface area (TPSA) is 118 Å². The predicted molar refractivity (Wildman–Crippen MR) is 145 cm³/mol. The summed E-state index contributed by atoms with van der Waals surface area (Å²) >= 11 is 1.26. The number of carbonyl (C=O) groups excluding carboxylic acids is 4. The molecule has 0 radical (unpaired) electrons. The number of hydrogen-bond acceptors (Lipinski definition) is 8. The Hall–Kier alpha value is -3.73. The van der Waals surface area contributed by atoms with Crippen LogP contribution in [0.2, 0.25) is 0 Å². The molecule has 11 heteroatoms. The Kier molecular flexibility index (Phi) is 10.8. The van der Waals surface area contributed by atoms with E-state index >= 15 is 0 Å². The lowest BCUT2D eigenvalue weighted by atomic mass is 10.2. The average Bonchev–Trinajstić information content (AvgIpc) is 3.37. The van der Waals surface area contributed by atoms with Crippen LogP contribution in [0.5, 0.6) is 0 Å². The highest BCUT2D eigenvalue weighted by Crippen LogP contribution is 2.29. The summed E-state index contributed by atoms with van der Waals surface area (Å²) < 4.78 is 10.2. The molecule has 0 saturated carbocycles. The van der Waals surface area contributed by atoms with E-state index in [-0.39, 0.29) is 24.3 Å². The molecule has 38 heavy (non-hydrogen) atoms. The number of aromatic nitrogens is 1. The second-order valence-electron chi connectivity index (χ2n) is 8.66. The summed E-state index contributed by atoms with van der Waals surface area (Å²) in [6.07, 6.45) is 4.14. The predicted octanol–water partition coefficient (Wildman–Crippen LogP) is 3.59. The third-order valence-electron chi connectivity index (χ3n) is 5.84. The molecule has 0 bridgehead atoms. The van der Waals surface area contributed by atoms with Crippen LogP contribution in [0.1, 0.15) is 49.0 Å². The summed E-state index contributed by atoms with van der Waals surface area (Å²) in [4.78, 5) is 58.4. The first-order valence-electron chi connectivity index (χ1n) is 12.8. The lowest BCUT2D eigenvalue weighted by Crippen LogP contribution is -2.55. The van der Waals surface area contributed by atoms with Gasteiger partial charge in [-0.15, -0.1) is 11.3 Å². The number of esters is 1. The molecule has 1 aromatic heterocycles. The molecule has 1 saturated heterocycles. The van der Waals surface area contributed by atoms with E-state index in [2.05, 4.69) is 10.3 Å². The van der Waals surface area contributed by atoms with E-state index in [1.54, 1.807) is 23.6 Å². The number of rotatable bonds is 10. The van der Waals surface area contributed by atoms with Gasteiger partial charge in [0.1, 0.15) is 16.7 Å². The second-order valence-corrected chi connectivity index (χ2v) is 9.69. The van der Waals surface area contributed by atoms with Gasteiger partial charge in [-0.3, -0.25) is 9.59 Å². The fourth-order valence-corrected chi connectivity index (χ4v) is 4.72. The zero-order valence-corrected chi connectivity index (χ0v) is 22.8. The van der Waals surface area contributed by atoms with Crippen molar-refractivity contribution in [3.05, 3.63) is 47.0 Å². The Labute approximate surface area is 226 Å². The minimum Gasteiger partial charge on any atom is -0.463 e. The molecule has 0 unspecified atom stereocenters. The third kappa shape index (κ3) is 7.88. The van der Waals surface area contributed by atoms with Crippen molar-refractivity contribution < 1.29 is 28.7 Å². The number of amides is 3. The second kappa shape index (κ2) is 14.3. The Balaban J connectivity index is 1.65. The van der Waals surface area contributed by atoms with Crippen LogP contribution in [0.25, 0.3) is 16.6 Å². The van der Waals surface area contributed by atoms with E-state index < -0.39 is 17.9 Å². The van der Waals surface area contributed by atoms with Gasteiger partial charge in [-0.25, -0.2) is 14.6 Å². The first-order valence-corrected chi connectivity index (χ1v) is 13.6. The maximum absolute atomic E-state index is 13.2. The van der Waals surface area contributed by atoms with Crippen molar-refractivity contribution in [2.24, 2.45) is 0 Å². The summed E-state index contributed by atoms with van der Waals surface area (Å²) in [6.45, 7) is 7.41. The van der Waals surface area contributed by atoms with Crippen molar-refractivity contribution in [2.75, 3.05) is 39.4 Å². The van der Waals surface area contributed by atoms with Crippen molar-refractivity contribution in [3.8, 4) is 10.6 Å². The Bertz CT molecular complexity index is 1140. The number of nitrogens with zero attached hydrogens (tertiary/aromatic N) is 3. The quantitative estimate of drug-likeness (QED) is 0.277. The van der Waals surface area contributed by atoms with E-state index in [1.165, 1.54) is 23.5 Å². The maximum atomic E-state index is 13.2. The highest BCUT2D eigenvalue weighted by molar-refractivity contribution is 7.16. The number of thiazole rings is 1. The van der Waals surface area contributed by atoms with Crippen molar-refractivity contribution in [1.29, 1.82) is 0 Å².